The number of carbonyl (C=O) groups is 1. The summed E-state index contributed by atoms with van der Waals surface area (Å²) in [6, 6.07) is 5.79. The van der Waals surface area contributed by atoms with E-state index in [4.69, 9.17) is 0 Å². The summed E-state index contributed by atoms with van der Waals surface area (Å²) in [6.07, 6.45) is 2.14. The van der Waals surface area contributed by atoms with Crippen molar-refractivity contribution in [2.45, 2.75) is 38.6 Å². The highest BCUT2D eigenvalue weighted by atomic mass is 32.2. The zero-order chi connectivity index (χ0) is 16.9. The zero-order valence-corrected chi connectivity index (χ0v) is 14.1. The summed E-state index contributed by atoms with van der Waals surface area (Å²) in [5.74, 6) is -0.528. The van der Waals surface area contributed by atoms with Crippen molar-refractivity contribution in [3.8, 4) is 0 Å². The van der Waals surface area contributed by atoms with E-state index in [1.54, 1.807) is 25.1 Å². The van der Waals surface area contributed by atoms with E-state index in [1.165, 1.54) is 10.4 Å². The van der Waals surface area contributed by atoms with Gasteiger partial charge in [-0.15, -0.1) is 0 Å². The smallest absolute Gasteiger partial charge is 0.238 e. The minimum atomic E-state index is -3.38. The molecule has 0 aromatic heterocycles. The molecule has 1 aromatic carbocycles. The minimum absolute atomic E-state index is 0.0615. The van der Waals surface area contributed by atoms with Crippen LogP contribution in [0.2, 0.25) is 0 Å². The van der Waals surface area contributed by atoms with Gasteiger partial charge >= 0.3 is 0 Å². The molecule has 23 heavy (non-hydrogen) atoms. The van der Waals surface area contributed by atoms with Crippen molar-refractivity contribution >= 4 is 15.9 Å². The monoisotopic (exact) mass is 342 g/mol. The lowest BCUT2D eigenvalue weighted by molar-refractivity contribution is -0.124. The van der Waals surface area contributed by atoms with Crippen molar-refractivity contribution in [2.75, 3.05) is 18.8 Å². The Balaban J connectivity index is 1.91. The van der Waals surface area contributed by atoms with Crippen LogP contribution in [0.4, 0.5) is 4.39 Å². The number of nitrogens with zero attached hydrogens (tertiary/aromatic N) is 1. The van der Waals surface area contributed by atoms with Crippen LogP contribution >= 0.6 is 0 Å². The Morgan fingerprint density at radius 2 is 2.13 bits per heavy atom. The first-order chi connectivity index (χ1) is 11.0. The van der Waals surface area contributed by atoms with Crippen LogP contribution in [-0.4, -0.2) is 43.5 Å². The number of nitrogens with one attached hydrogen (secondary N) is 1. The molecule has 1 atom stereocenters. The molecule has 0 bridgehead atoms. The molecule has 0 spiro atoms. The number of amides is 1. The zero-order valence-electron chi connectivity index (χ0n) is 13.3. The van der Waals surface area contributed by atoms with Gasteiger partial charge in [0.05, 0.1) is 5.75 Å². The second kappa shape index (κ2) is 7.88. The molecular weight excluding hydrogens is 319 g/mol. The predicted molar refractivity (Wildman–Crippen MR) is 86.9 cm³/mol. The van der Waals surface area contributed by atoms with E-state index in [-0.39, 0.29) is 24.0 Å². The third kappa shape index (κ3) is 4.51. The SMILES string of the molecule is CCCS(=O)(=O)N1CCCC1C(=O)NCCc1ccccc1F. The van der Waals surface area contributed by atoms with Gasteiger partial charge in [0, 0.05) is 13.1 Å². The highest BCUT2D eigenvalue weighted by molar-refractivity contribution is 7.89. The Hall–Kier alpha value is -1.47. The number of benzene rings is 1. The van der Waals surface area contributed by atoms with Gasteiger partial charge in [0.15, 0.2) is 0 Å². The second-order valence-corrected chi connectivity index (χ2v) is 7.76. The number of halogens is 1. The van der Waals surface area contributed by atoms with Gasteiger partial charge in [-0.3, -0.25) is 4.79 Å². The molecular formula is C16H23FN2O3S. The van der Waals surface area contributed by atoms with E-state index in [0.29, 0.717) is 37.8 Å². The lowest BCUT2D eigenvalue weighted by Gasteiger charge is -2.23. The molecule has 1 aliphatic heterocycles. The Morgan fingerprint density at radius 3 is 2.83 bits per heavy atom. The first-order valence-corrected chi connectivity index (χ1v) is 9.57. The van der Waals surface area contributed by atoms with Crippen LogP contribution in [0.15, 0.2) is 24.3 Å². The van der Waals surface area contributed by atoms with Crippen LogP contribution in [0, 0.1) is 5.82 Å². The Morgan fingerprint density at radius 1 is 1.39 bits per heavy atom. The summed E-state index contributed by atoms with van der Waals surface area (Å²) in [7, 11) is -3.38. The standard InChI is InChI=1S/C16H23FN2O3S/c1-2-12-23(21,22)19-11-5-8-15(19)16(20)18-10-9-13-6-3-4-7-14(13)17/h3-4,6-7,15H,2,5,8-12H2,1H3,(H,18,20). The molecule has 1 saturated heterocycles. The summed E-state index contributed by atoms with van der Waals surface area (Å²) in [5, 5.41) is 2.73. The van der Waals surface area contributed by atoms with E-state index < -0.39 is 16.1 Å². The highest BCUT2D eigenvalue weighted by Crippen LogP contribution is 2.22. The Bertz CT molecular complexity index is 648. The summed E-state index contributed by atoms with van der Waals surface area (Å²) >= 11 is 0. The quantitative estimate of drug-likeness (QED) is 0.820. The van der Waals surface area contributed by atoms with Crippen molar-refractivity contribution in [2.24, 2.45) is 0 Å². The maximum Gasteiger partial charge on any atom is 0.238 e. The van der Waals surface area contributed by atoms with Gasteiger partial charge in [-0.25, -0.2) is 12.8 Å². The number of carbonyl (C=O) groups excluding carboxylic acids is 1. The molecule has 1 aromatic rings. The van der Waals surface area contributed by atoms with Gasteiger partial charge in [-0.2, -0.15) is 4.31 Å². The van der Waals surface area contributed by atoms with E-state index in [1.807, 2.05) is 0 Å². The normalized spacial score (nSPS) is 19.0. The maximum absolute atomic E-state index is 13.5. The fourth-order valence-electron chi connectivity index (χ4n) is 2.85. The van der Waals surface area contributed by atoms with Crippen LogP contribution in [0.25, 0.3) is 0 Å². The van der Waals surface area contributed by atoms with Crippen molar-refractivity contribution in [3.05, 3.63) is 35.6 Å². The molecule has 7 heteroatoms. The van der Waals surface area contributed by atoms with Gasteiger partial charge in [0.1, 0.15) is 11.9 Å². The molecule has 1 unspecified atom stereocenters. The van der Waals surface area contributed by atoms with Crippen LogP contribution < -0.4 is 5.32 Å². The summed E-state index contributed by atoms with van der Waals surface area (Å²) in [4.78, 5) is 12.3. The van der Waals surface area contributed by atoms with E-state index in [0.717, 1.165) is 0 Å². The molecule has 2 rings (SSSR count). The predicted octanol–water partition coefficient (Wildman–Crippen LogP) is 1.69. The van der Waals surface area contributed by atoms with Crippen molar-refractivity contribution < 1.29 is 17.6 Å². The highest BCUT2D eigenvalue weighted by Gasteiger charge is 2.37. The largest absolute Gasteiger partial charge is 0.354 e. The molecule has 1 aliphatic rings. The first kappa shape index (κ1) is 17.9. The Labute approximate surface area is 136 Å². The van der Waals surface area contributed by atoms with Gasteiger partial charge in [-0.1, -0.05) is 25.1 Å². The van der Waals surface area contributed by atoms with Gasteiger partial charge in [0.2, 0.25) is 15.9 Å². The molecule has 0 aliphatic carbocycles. The van der Waals surface area contributed by atoms with Crippen molar-refractivity contribution in [1.82, 2.24) is 9.62 Å². The molecule has 1 N–H and O–H groups in total. The van der Waals surface area contributed by atoms with E-state index >= 15 is 0 Å². The van der Waals surface area contributed by atoms with Gasteiger partial charge < -0.3 is 5.32 Å². The summed E-state index contributed by atoms with van der Waals surface area (Å²) in [6.45, 7) is 2.49. The van der Waals surface area contributed by atoms with Crippen LogP contribution in [0.3, 0.4) is 0 Å². The number of sulfonamides is 1. The topological polar surface area (TPSA) is 66.5 Å². The average Bonchev–Trinajstić information content (AvgIpc) is 2.99. The van der Waals surface area contributed by atoms with Crippen LogP contribution in [-0.2, 0) is 21.2 Å². The number of hydrogen-bond acceptors (Lipinski definition) is 3. The molecule has 128 valence electrons. The number of rotatable bonds is 7. The van der Waals surface area contributed by atoms with Crippen molar-refractivity contribution in [1.29, 1.82) is 0 Å². The van der Waals surface area contributed by atoms with Gasteiger partial charge in [-0.05, 0) is 37.3 Å². The maximum atomic E-state index is 13.5. The number of hydrogen-bond donors (Lipinski definition) is 1. The first-order valence-electron chi connectivity index (χ1n) is 7.96. The third-order valence-electron chi connectivity index (χ3n) is 3.98. The average molecular weight is 342 g/mol. The molecule has 1 fully saturated rings. The van der Waals surface area contributed by atoms with E-state index in [9.17, 15) is 17.6 Å². The lowest BCUT2D eigenvalue weighted by atomic mass is 10.1. The molecule has 5 nitrogen and oxygen atoms in total. The summed E-state index contributed by atoms with van der Waals surface area (Å²) in [5.41, 5.74) is 0.537. The summed E-state index contributed by atoms with van der Waals surface area (Å²) < 4.78 is 39.2. The van der Waals surface area contributed by atoms with Gasteiger partial charge in [0.25, 0.3) is 0 Å². The molecule has 0 radical (unpaired) electrons. The molecule has 0 saturated carbocycles. The Kier molecular flexibility index (Phi) is 6.12. The fraction of sp³-hybridized carbons (Fsp3) is 0.562. The molecule has 1 heterocycles. The fourth-order valence-corrected chi connectivity index (χ4v) is 4.60. The van der Waals surface area contributed by atoms with Crippen LogP contribution in [0.5, 0.6) is 0 Å². The molecule has 1 amide bonds. The van der Waals surface area contributed by atoms with Crippen molar-refractivity contribution in [3.63, 3.8) is 0 Å². The lowest BCUT2D eigenvalue weighted by Crippen LogP contribution is -2.46. The van der Waals surface area contributed by atoms with Crippen LogP contribution in [0.1, 0.15) is 31.7 Å². The second-order valence-electron chi connectivity index (χ2n) is 5.72. The van der Waals surface area contributed by atoms with E-state index in [2.05, 4.69) is 5.32 Å². The minimum Gasteiger partial charge on any atom is -0.354 e. The third-order valence-corrected chi connectivity index (χ3v) is 6.05.